The van der Waals surface area contributed by atoms with Gasteiger partial charge in [-0.1, -0.05) is 0 Å². The van der Waals surface area contributed by atoms with E-state index in [1.165, 1.54) is 6.07 Å². The number of Topliss-reactive ketones (excluding diaryl/α,β-unsaturated/α-hetero) is 1. The number of alkyl halides is 6. The Morgan fingerprint density at radius 3 is 2.06 bits per heavy atom. The number of halogens is 6. The highest BCUT2D eigenvalue weighted by Gasteiger charge is 2.37. The highest BCUT2D eigenvalue weighted by molar-refractivity contribution is 5.92. The number of rotatable bonds is 6. The van der Waals surface area contributed by atoms with Crippen molar-refractivity contribution in [1.82, 2.24) is 15.3 Å². The fraction of sp³-hybridized carbons (Fsp3) is 0.400. The van der Waals surface area contributed by atoms with Gasteiger partial charge in [-0.05, 0) is 49.6 Å². The van der Waals surface area contributed by atoms with E-state index >= 15 is 0 Å². The molecule has 1 aromatic carbocycles. The van der Waals surface area contributed by atoms with E-state index in [0.717, 1.165) is 12.8 Å². The molecule has 0 saturated heterocycles. The maximum Gasteiger partial charge on any atom is 0.416 e. The number of nitrogens with one attached hydrogen (secondary N) is 1. The molecular formula is C20H17F6N3O2. The van der Waals surface area contributed by atoms with Crippen molar-refractivity contribution in [3.63, 3.8) is 0 Å². The molecule has 1 amide bonds. The number of carbonyl (C=O) groups is 2. The molecule has 11 heteroatoms. The van der Waals surface area contributed by atoms with Crippen molar-refractivity contribution in [3.8, 4) is 0 Å². The molecule has 0 spiro atoms. The van der Waals surface area contributed by atoms with Gasteiger partial charge in [-0.2, -0.15) is 26.3 Å². The van der Waals surface area contributed by atoms with Gasteiger partial charge in [-0.25, -0.2) is 9.97 Å². The van der Waals surface area contributed by atoms with Gasteiger partial charge in [0.2, 0.25) is 0 Å². The van der Waals surface area contributed by atoms with Crippen LogP contribution in [-0.2, 0) is 30.1 Å². The Morgan fingerprint density at radius 2 is 1.55 bits per heavy atom. The third-order valence-corrected chi connectivity index (χ3v) is 4.60. The summed E-state index contributed by atoms with van der Waals surface area (Å²) in [6.45, 7) is 0.997. The highest BCUT2D eigenvalue weighted by atomic mass is 19.4. The lowest BCUT2D eigenvalue weighted by Crippen LogP contribution is -2.25. The third kappa shape index (κ3) is 6.02. The van der Waals surface area contributed by atoms with Crippen molar-refractivity contribution in [3.05, 3.63) is 58.2 Å². The molecular weight excluding hydrogens is 428 g/mol. The highest BCUT2D eigenvalue weighted by Crippen LogP contribution is 2.36. The Labute approximate surface area is 172 Å². The van der Waals surface area contributed by atoms with Crippen LogP contribution in [-0.4, -0.2) is 21.7 Å². The fourth-order valence-electron chi connectivity index (χ4n) is 2.93. The van der Waals surface area contributed by atoms with Crippen molar-refractivity contribution in [2.45, 2.75) is 45.1 Å². The van der Waals surface area contributed by atoms with E-state index in [4.69, 9.17) is 0 Å². The topological polar surface area (TPSA) is 72.0 Å². The van der Waals surface area contributed by atoms with Crippen LogP contribution in [0.4, 0.5) is 26.3 Å². The molecule has 5 nitrogen and oxygen atoms in total. The van der Waals surface area contributed by atoms with Gasteiger partial charge in [0.1, 0.15) is 17.3 Å². The van der Waals surface area contributed by atoms with Gasteiger partial charge in [0.25, 0.3) is 5.91 Å². The number of aromatic nitrogens is 2. The molecule has 0 unspecified atom stereocenters. The van der Waals surface area contributed by atoms with Crippen LogP contribution in [0, 0.1) is 12.8 Å². The number of ketones is 1. The first-order valence-electron chi connectivity index (χ1n) is 9.27. The molecule has 1 N–H and O–H groups in total. The Hall–Kier alpha value is -2.98. The molecule has 31 heavy (non-hydrogen) atoms. The standard InChI is InChI=1S/C20H17F6N3O2/c1-10-4-15(29-17(28-10)8-16(30)12-2-3-12)18(31)27-9-11-5-13(19(21,22)23)7-14(6-11)20(24,25)26/h4-7,12H,2-3,8-9H2,1H3,(H,27,31). The summed E-state index contributed by atoms with van der Waals surface area (Å²) in [6.07, 6.45) is -8.40. The van der Waals surface area contributed by atoms with E-state index in [9.17, 15) is 35.9 Å². The molecule has 1 saturated carbocycles. The van der Waals surface area contributed by atoms with E-state index in [2.05, 4.69) is 15.3 Å². The molecule has 0 aliphatic heterocycles. The maximum atomic E-state index is 13.0. The Balaban J connectivity index is 1.77. The summed E-state index contributed by atoms with van der Waals surface area (Å²) >= 11 is 0. The van der Waals surface area contributed by atoms with Crippen molar-refractivity contribution >= 4 is 11.7 Å². The fourth-order valence-corrected chi connectivity index (χ4v) is 2.93. The van der Waals surface area contributed by atoms with Crippen LogP contribution in [0.5, 0.6) is 0 Å². The lowest BCUT2D eigenvalue weighted by Gasteiger charge is -2.14. The first-order chi connectivity index (χ1) is 14.3. The van der Waals surface area contributed by atoms with E-state index in [-0.39, 0.29) is 41.3 Å². The summed E-state index contributed by atoms with van der Waals surface area (Å²) < 4.78 is 77.7. The number of amides is 1. The SMILES string of the molecule is Cc1cc(C(=O)NCc2cc(C(F)(F)F)cc(C(F)(F)F)c2)nc(CC(=O)C2CC2)n1. The number of benzene rings is 1. The van der Waals surface area contributed by atoms with Crippen molar-refractivity contribution in [1.29, 1.82) is 0 Å². The summed E-state index contributed by atoms with van der Waals surface area (Å²) in [5.41, 5.74) is -3.03. The van der Waals surface area contributed by atoms with E-state index < -0.39 is 35.9 Å². The average molecular weight is 445 g/mol. The molecule has 0 bridgehead atoms. The first-order valence-corrected chi connectivity index (χ1v) is 9.27. The van der Waals surface area contributed by atoms with Gasteiger partial charge in [-0.3, -0.25) is 9.59 Å². The summed E-state index contributed by atoms with van der Waals surface area (Å²) in [7, 11) is 0. The van der Waals surface area contributed by atoms with Crippen LogP contribution in [0.3, 0.4) is 0 Å². The van der Waals surface area contributed by atoms with Crippen LogP contribution in [0.25, 0.3) is 0 Å². The minimum absolute atomic E-state index is 0.0161. The van der Waals surface area contributed by atoms with Crippen molar-refractivity contribution in [2.24, 2.45) is 5.92 Å². The predicted octanol–water partition coefficient (Wildman–Crippen LogP) is 4.27. The minimum Gasteiger partial charge on any atom is -0.347 e. The second-order valence-electron chi connectivity index (χ2n) is 7.32. The van der Waals surface area contributed by atoms with Crippen LogP contribution in [0.2, 0.25) is 0 Å². The molecule has 166 valence electrons. The molecule has 1 fully saturated rings. The van der Waals surface area contributed by atoms with E-state index in [0.29, 0.717) is 17.8 Å². The Bertz CT molecular complexity index is 981. The van der Waals surface area contributed by atoms with E-state index in [1.807, 2.05) is 0 Å². The normalized spacial score (nSPS) is 14.4. The molecule has 0 radical (unpaired) electrons. The van der Waals surface area contributed by atoms with Crippen LogP contribution < -0.4 is 5.32 Å². The Kier molecular flexibility index (Phi) is 6.06. The first kappa shape index (κ1) is 22.7. The van der Waals surface area contributed by atoms with Gasteiger partial charge < -0.3 is 5.32 Å². The summed E-state index contributed by atoms with van der Waals surface area (Å²) in [6, 6.07) is 2.41. The van der Waals surface area contributed by atoms with Gasteiger partial charge in [0.15, 0.2) is 0 Å². The van der Waals surface area contributed by atoms with Gasteiger partial charge >= 0.3 is 12.4 Å². The molecule has 1 heterocycles. The third-order valence-electron chi connectivity index (χ3n) is 4.60. The smallest absolute Gasteiger partial charge is 0.347 e. The lowest BCUT2D eigenvalue weighted by atomic mass is 10.0. The maximum absolute atomic E-state index is 13.0. The van der Waals surface area contributed by atoms with Crippen LogP contribution in [0.15, 0.2) is 24.3 Å². The van der Waals surface area contributed by atoms with Gasteiger partial charge in [0.05, 0.1) is 17.5 Å². The van der Waals surface area contributed by atoms with Gasteiger partial charge in [-0.15, -0.1) is 0 Å². The summed E-state index contributed by atoms with van der Waals surface area (Å²) in [4.78, 5) is 32.4. The van der Waals surface area contributed by atoms with Crippen molar-refractivity contribution < 1.29 is 35.9 Å². The summed E-state index contributed by atoms with van der Waals surface area (Å²) in [5, 5.41) is 2.27. The average Bonchev–Trinajstić information content (AvgIpc) is 3.49. The van der Waals surface area contributed by atoms with Crippen molar-refractivity contribution in [2.75, 3.05) is 0 Å². The second-order valence-corrected chi connectivity index (χ2v) is 7.32. The zero-order chi connectivity index (χ0) is 23.0. The summed E-state index contributed by atoms with van der Waals surface area (Å²) in [5.74, 6) is -0.734. The zero-order valence-corrected chi connectivity index (χ0v) is 16.2. The molecule has 3 rings (SSSR count). The van der Waals surface area contributed by atoms with Crippen LogP contribution in [0.1, 0.15) is 51.5 Å². The molecule has 1 aromatic heterocycles. The predicted molar refractivity (Wildman–Crippen MR) is 95.8 cm³/mol. The van der Waals surface area contributed by atoms with Gasteiger partial charge in [0, 0.05) is 18.2 Å². The number of nitrogens with zero attached hydrogens (tertiary/aromatic N) is 2. The monoisotopic (exact) mass is 445 g/mol. The van der Waals surface area contributed by atoms with E-state index in [1.54, 1.807) is 6.92 Å². The molecule has 0 atom stereocenters. The number of carbonyl (C=O) groups excluding carboxylic acids is 2. The number of hydrogen-bond acceptors (Lipinski definition) is 4. The second kappa shape index (κ2) is 8.27. The number of hydrogen-bond donors (Lipinski definition) is 1. The zero-order valence-electron chi connectivity index (χ0n) is 16.2. The van der Waals surface area contributed by atoms with Crippen LogP contribution >= 0.6 is 0 Å². The largest absolute Gasteiger partial charge is 0.416 e. The molecule has 1 aliphatic carbocycles. The molecule has 2 aromatic rings. The molecule has 1 aliphatic rings. The number of aryl methyl sites for hydroxylation is 1. The quantitative estimate of drug-likeness (QED) is 0.674. The minimum atomic E-state index is -4.98. The Morgan fingerprint density at radius 1 is 0.968 bits per heavy atom. The lowest BCUT2D eigenvalue weighted by molar-refractivity contribution is -0.143.